The van der Waals surface area contributed by atoms with Gasteiger partial charge in [0, 0.05) is 27.2 Å². The molecule has 0 fully saturated rings. The standard InChI is InChI=1S/C72H43NO/c1-2-18-51(19-3-1)73-64-29-10-8-20-54(64)61-41-48(37-39-65(61)73)52-26-14-27-53(49-38-40-67-62(42-49)55-21-9-11-30-66(55)74-67)69(52)46-33-35-47(36-34-46)70-56-22-4-6-24-58(56)72(59-25-7-5-23-57(59)70)63-43-50-17-12-15-44-31-32-45-16-13-28-60(63)71(45)68(44)50/h1-43H. The monoisotopic (exact) mass is 937 g/mol. The maximum atomic E-state index is 6.35. The third kappa shape index (κ3) is 6.00. The molecule has 0 saturated heterocycles. The van der Waals surface area contributed by atoms with Crippen LogP contribution in [-0.4, -0.2) is 4.57 Å². The van der Waals surface area contributed by atoms with Gasteiger partial charge in [0.05, 0.1) is 11.0 Å². The second kappa shape index (κ2) is 15.9. The van der Waals surface area contributed by atoms with Gasteiger partial charge in [0.1, 0.15) is 11.2 Å². The summed E-state index contributed by atoms with van der Waals surface area (Å²) in [5.41, 5.74) is 17.3. The van der Waals surface area contributed by atoms with E-state index >= 15 is 0 Å². The van der Waals surface area contributed by atoms with E-state index in [-0.39, 0.29) is 0 Å². The van der Waals surface area contributed by atoms with Gasteiger partial charge in [-0.3, -0.25) is 0 Å². The molecule has 342 valence electrons. The van der Waals surface area contributed by atoms with E-state index in [0.29, 0.717) is 0 Å². The van der Waals surface area contributed by atoms with Gasteiger partial charge in [0.2, 0.25) is 0 Å². The molecule has 16 rings (SSSR count). The Morgan fingerprint density at radius 3 is 1.47 bits per heavy atom. The summed E-state index contributed by atoms with van der Waals surface area (Å²) in [5, 5.41) is 17.5. The minimum Gasteiger partial charge on any atom is -0.456 e. The van der Waals surface area contributed by atoms with Gasteiger partial charge in [-0.2, -0.15) is 0 Å². The maximum Gasteiger partial charge on any atom is 0.135 e. The molecule has 0 aliphatic rings. The summed E-state index contributed by atoms with van der Waals surface area (Å²) in [6.45, 7) is 0. The van der Waals surface area contributed by atoms with Crippen LogP contribution in [0.5, 0.6) is 0 Å². The van der Waals surface area contributed by atoms with Crippen LogP contribution in [0.4, 0.5) is 0 Å². The number of hydrogen-bond acceptors (Lipinski definition) is 1. The van der Waals surface area contributed by atoms with Gasteiger partial charge in [-0.1, -0.05) is 206 Å². The molecule has 0 saturated carbocycles. The first-order chi connectivity index (χ1) is 36.7. The number of aromatic nitrogens is 1. The van der Waals surface area contributed by atoms with Crippen molar-refractivity contribution in [2.75, 3.05) is 0 Å². The summed E-state index contributed by atoms with van der Waals surface area (Å²) in [6, 6.07) is 96.3. The number of fused-ring (bicyclic) bond motifs is 8. The van der Waals surface area contributed by atoms with Crippen LogP contribution in [-0.2, 0) is 0 Å². The predicted octanol–water partition coefficient (Wildman–Crippen LogP) is 20.2. The third-order valence-corrected chi connectivity index (χ3v) is 15.9. The van der Waals surface area contributed by atoms with E-state index in [4.69, 9.17) is 4.42 Å². The number of para-hydroxylation sites is 3. The van der Waals surface area contributed by atoms with Crippen molar-refractivity contribution in [3.8, 4) is 61.3 Å². The Labute approximate surface area is 426 Å². The smallest absolute Gasteiger partial charge is 0.135 e. The second-order valence-corrected chi connectivity index (χ2v) is 19.8. The fraction of sp³-hybridized carbons (Fsp3) is 0. The molecule has 0 atom stereocenters. The van der Waals surface area contributed by atoms with Crippen molar-refractivity contribution in [1.29, 1.82) is 0 Å². The first-order valence-corrected chi connectivity index (χ1v) is 25.6. The highest BCUT2D eigenvalue weighted by atomic mass is 16.3. The normalized spacial score (nSPS) is 12.1. The van der Waals surface area contributed by atoms with Gasteiger partial charge in [-0.15, -0.1) is 0 Å². The lowest BCUT2D eigenvalue weighted by molar-refractivity contribution is 0.669. The Morgan fingerprint density at radius 2 is 0.743 bits per heavy atom. The molecule has 14 aromatic carbocycles. The number of furan rings is 1. The lowest BCUT2D eigenvalue weighted by Gasteiger charge is -2.21. The molecule has 0 bridgehead atoms. The summed E-state index contributed by atoms with van der Waals surface area (Å²) < 4.78 is 8.74. The highest BCUT2D eigenvalue weighted by Gasteiger charge is 2.23. The Hall–Kier alpha value is -9.76. The molecule has 74 heavy (non-hydrogen) atoms. The van der Waals surface area contributed by atoms with Crippen molar-refractivity contribution >= 4 is 97.6 Å². The number of nitrogens with zero attached hydrogens (tertiary/aromatic N) is 1. The van der Waals surface area contributed by atoms with Crippen LogP contribution in [0.15, 0.2) is 265 Å². The van der Waals surface area contributed by atoms with Crippen LogP contribution in [0.25, 0.3) is 159 Å². The summed E-state index contributed by atoms with van der Waals surface area (Å²) in [5.74, 6) is 0. The molecule has 2 heterocycles. The van der Waals surface area contributed by atoms with Crippen LogP contribution in [0.1, 0.15) is 0 Å². The Morgan fingerprint density at radius 1 is 0.243 bits per heavy atom. The molecule has 0 aliphatic carbocycles. The molecule has 2 heteroatoms. The van der Waals surface area contributed by atoms with Gasteiger partial charge in [0.15, 0.2) is 0 Å². The SMILES string of the molecule is c1ccc(-n2c3ccccc3c3cc(-c4cccc(-c5ccc6oc7ccccc7c6c5)c4-c4ccc(-c5c6ccccc6c(-c6cc7cccc8ccc9cccc6c9c87)c6ccccc56)cc4)ccc32)cc1. The average molecular weight is 938 g/mol. The fourth-order valence-corrected chi connectivity index (χ4v) is 12.7. The molecule has 0 radical (unpaired) electrons. The second-order valence-electron chi connectivity index (χ2n) is 19.8. The molecular formula is C72H43NO. The zero-order valence-electron chi connectivity index (χ0n) is 40.2. The van der Waals surface area contributed by atoms with Crippen molar-refractivity contribution in [1.82, 2.24) is 4.57 Å². The molecule has 0 aliphatic heterocycles. The van der Waals surface area contributed by atoms with Crippen LogP contribution in [0.2, 0.25) is 0 Å². The van der Waals surface area contributed by atoms with E-state index in [1.165, 1.54) is 120 Å². The average Bonchev–Trinajstić information content (AvgIpc) is 4.03. The molecule has 2 nitrogen and oxygen atoms in total. The highest BCUT2D eigenvalue weighted by molar-refractivity contribution is 6.30. The molecule has 0 unspecified atom stereocenters. The van der Waals surface area contributed by atoms with E-state index in [1.807, 2.05) is 6.07 Å². The van der Waals surface area contributed by atoms with E-state index in [0.717, 1.165) is 38.8 Å². The first-order valence-electron chi connectivity index (χ1n) is 25.6. The van der Waals surface area contributed by atoms with Gasteiger partial charge < -0.3 is 8.98 Å². The van der Waals surface area contributed by atoms with Gasteiger partial charge >= 0.3 is 0 Å². The molecule has 2 aromatic heterocycles. The topological polar surface area (TPSA) is 18.1 Å². The zero-order chi connectivity index (χ0) is 48.4. The van der Waals surface area contributed by atoms with Crippen LogP contribution in [0.3, 0.4) is 0 Å². The van der Waals surface area contributed by atoms with E-state index in [1.54, 1.807) is 0 Å². The molecule has 0 amide bonds. The number of benzene rings is 14. The highest BCUT2D eigenvalue weighted by Crippen LogP contribution is 2.49. The Bertz CT molecular complexity index is 4880. The van der Waals surface area contributed by atoms with Crippen molar-refractivity contribution in [3.63, 3.8) is 0 Å². The number of rotatable bonds is 6. The quantitative estimate of drug-likeness (QED) is 0.120. The lowest BCUT2D eigenvalue weighted by Crippen LogP contribution is -1.94. The maximum absolute atomic E-state index is 6.35. The third-order valence-electron chi connectivity index (χ3n) is 15.9. The summed E-state index contributed by atoms with van der Waals surface area (Å²) in [7, 11) is 0. The van der Waals surface area contributed by atoms with E-state index in [2.05, 4.69) is 259 Å². The Kier molecular flexibility index (Phi) is 8.78. The van der Waals surface area contributed by atoms with Crippen molar-refractivity contribution in [3.05, 3.63) is 261 Å². The molecule has 16 aromatic rings. The minimum absolute atomic E-state index is 0.891. The van der Waals surface area contributed by atoms with Crippen molar-refractivity contribution < 1.29 is 4.42 Å². The minimum atomic E-state index is 0.891. The van der Waals surface area contributed by atoms with Crippen molar-refractivity contribution in [2.24, 2.45) is 0 Å². The Balaban J connectivity index is 0.910. The summed E-state index contributed by atoms with van der Waals surface area (Å²) >= 11 is 0. The van der Waals surface area contributed by atoms with Crippen LogP contribution < -0.4 is 0 Å². The predicted molar refractivity (Wildman–Crippen MR) is 314 cm³/mol. The molecule has 0 N–H and O–H groups in total. The van der Waals surface area contributed by atoms with Gasteiger partial charge in [-0.25, -0.2) is 0 Å². The molecule has 0 spiro atoms. The van der Waals surface area contributed by atoms with Crippen LogP contribution >= 0.6 is 0 Å². The summed E-state index contributed by atoms with van der Waals surface area (Å²) in [4.78, 5) is 0. The van der Waals surface area contributed by atoms with Crippen molar-refractivity contribution in [2.45, 2.75) is 0 Å². The van der Waals surface area contributed by atoms with Gasteiger partial charge in [0.25, 0.3) is 0 Å². The molecular weight excluding hydrogens is 895 g/mol. The fourth-order valence-electron chi connectivity index (χ4n) is 12.7. The first kappa shape index (κ1) is 40.9. The number of hydrogen-bond donors (Lipinski definition) is 0. The zero-order valence-corrected chi connectivity index (χ0v) is 40.2. The largest absolute Gasteiger partial charge is 0.456 e. The lowest BCUT2D eigenvalue weighted by atomic mass is 9.82. The summed E-state index contributed by atoms with van der Waals surface area (Å²) in [6.07, 6.45) is 0. The van der Waals surface area contributed by atoms with E-state index in [9.17, 15) is 0 Å². The van der Waals surface area contributed by atoms with Crippen LogP contribution in [0, 0.1) is 0 Å². The van der Waals surface area contributed by atoms with Gasteiger partial charge in [-0.05, 0) is 164 Å². The van der Waals surface area contributed by atoms with E-state index < -0.39 is 0 Å².